The molecule has 1 atom stereocenters. The molecule has 0 aromatic carbocycles. The van der Waals surface area contributed by atoms with E-state index in [0.717, 1.165) is 5.76 Å². The Morgan fingerprint density at radius 3 is 2.72 bits per heavy atom. The molecule has 0 saturated heterocycles. The van der Waals surface area contributed by atoms with Crippen molar-refractivity contribution in [1.82, 2.24) is 14.7 Å². The summed E-state index contributed by atoms with van der Waals surface area (Å²) in [5.41, 5.74) is 5.49. The smallest absolute Gasteiger partial charge is 0.257 e. The van der Waals surface area contributed by atoms with Crippen LogP contribution in [-0.4, -0.2) is 14.7 Å². The minimum absolute atomic E-state index is 0.250. The molecule has 6 heteroatoms. The summed E-state index contributed by atoms with van der Waals surface area (Å²) < 4.78 is 12.6. The third kappa shape index (κ3) is 1.82. The monoisotopic (exact) mass is 244 g/mol. The van der Waals surface area contributed by atoms with Crippen molar-refractivity contribution in [2.45, 2.75) is 12.6 Å². The first-order valence-corrected chi connectivity index (χ1v) is 5.57. The molecule has 92 valence electrons. The molecule has 3 aromatic rings. The SMILES string of the molecule is NCc1noc([C@@H](c2ccco2)n2cccc2)n1. The van der Waals surface area contributed by atoms with E-state index in [2.05, 4.69) is 10.1 Å². The topological polar surface area (TPSA) is 83.0 Å². The Balaban J connectivity index is 2.05. The number of nitrogens with zero attached hydrogens (tertiary/aromatic N) is 3. The lowest BCUT2D eigenvalue weighted by atomic mass is 10.2. The predicted molar refractivity (Wildman–Crippen MR) is 62.6 cm³/mol. The predicted octanol–water partition coefficient (Wildman–Crippen LogP) is 1.56. The van der Waals surface area contributed by atoms with Crippen LogP contribution in [-0.2, 0) is 6.54 Å². The summed E-state index contributed by atoms with van der Waals surface area (Å²) in [6.07, 6.45) is 5.45. The molecule has 0 aliphatic heterocycles. The molecule has 0 saturated carbocycles. The van der Waals surface area contributed by atoms with E-state index in [-0.39, 0.29) is 12.6 Å². The highest BCUT2D eigenvalue weighted by Gasteiger charge is 2.24. The third-order valence-corrected chi connectivity index (χ3v) is 2.64. The second-order valence-corrected chi connectivity index (χ2v) is 3.80. The molecule has 0 fully saturated rings. The molecule has 0 unspecified atom stereocenters. The average molecular weight is 244 g/mol. The van der Waals surface area contributed by atoms with Crippen molar-refractivity contribution in [1.29, 1.82) is 0 Å². The first-order valence-electron chi connectivity index (χ1n) is 5.57. The zero-order valence-electron chi connectivity index (χ0n) is 9.56. The summed E-state index contributed by atoms with van der Waals surface area (Å²) in [5, 5.41) is 3.81. The van der Waals surface area contributed by atoms with Gasteiger partial charge in [0.2, 0.25) is 0 Å². The van der Waals surface area contributed by atoms with E-state index in [4.69, 9.17) is 14.7 Å². The normalized spacial score (nSPS) is 12.7. The number of hydrogen-bond donors (Lipinski definition) is 1. The fraction of sp³-hybridized carbons (Fsp3) is 0.167. The van der Waals surface area contributed by atoms with E-state index >= 15 is 0 Å². The van der Waals surface area contributed by atoms with Crippen molar-refractivity contribution >= 4 is 0 Å². The van der Waals surface area contributed by atoms with Crippen molar-refractivity contribution in [3.63, 3.8) is 0 Å². The van der Waals surface area contributed by atoms with Gasteiger partial charge < -0.3 is 19.2 Å². The van der Waals surface area contributed by atoms with Crippen molar-refractivity contribution in [3.05, 3.63) is 60.4 Å². The number of furan rings is 1. The fourth-order valence-corrected chi connectivity index (χ4v) is 1.82. The highest BCUT2D eigenvalue weighted by molar-refractivity contribution is 5.16. The van der Waals surface area contributed by atoms with Gasteiger partial charge in [0.15, 0.2) is 11.9 Å². The minimum Gasteiger partial charge on any atom is -0.467 e. The lowest BCUT2D eigenvalue weighted by molar-refractivity contribution is 0.329. The molecule has 18 heavy (non-hydrogen) atoms. The molecular formula is C12H12N4O2. The average Bonchev–Trinajstić information content (AvgIpc) is 3.13. The van der Waals surface area contributed by atoms with E-state index in [1.165, 1.54) is 0 Å². The highest BCUT2D eigenvalue weighted by Crippen LogP contribution is 2.25. The van der Waals surface area contributed by atoms with Gasteiger partial charge in [-0.2, -0.15) is 4.98 Å². The Bertz CT molecular complexity index is 564. The summed E-state index contributed by atoms with van der Waals surface area (Å²) in [6.45, 7) is 0.250. The van der Waals surface area contributed by atoms with Gasteiger partial charge in [-0.1, -0.05) is 5.16 Å². The maximum absolute atomic E-state index is 5.49. The van der Waals surface area contributed by atoms with Gasteiger partial charge in [0.05, 0.1) is 12.8 Å². The second-order valence-electron chi connectivity index (χ2n) is 3.80. The van der Waals surface area contributed by atoms with Crippen LogP contribution in [0.1, 0.15) is 23.5 Å². The van der Waals surface area contributed by atoms with Gasteiger partial charge in [0.25, 0.3) is 5.89 Å². The first-order chi connectivity index (χ1) is 8.88. The molecule has 3 rings (SSSR count). The Morgan fingerprint density at radius 2 is 2.11 bits per heavy atom. The van der Waals surface area contributed by atoms with Crippen LogP contribution < -0.4 is 5.73 Å². The molecule has 0 bridgehead atoms. The number of hydrogen-bond acceptors (Lipinski definition) is 5. The van der Waals surface area contributed by atoms with Crippen molar-refractivity contribution in [3.8, 4) is 0 Å². The summed E-state index contributed by atoms with van der Waals surface area (Å²) in [6, 6.07) is 7.29. The summed E-state index contributed by atoms with van der Waals surface area (Å²) in [5.74, 6) is 1.67. The van der Waals surface area contributed by atoms with Crippen LogP contribution in [0.3, 0.4) is 0 Å². The Kier molecular flexibility index (Phi) is 2.70. The third-order valence-electron chi connectivity index (χ3n) is 2.64. The number of nitrogens with two attached hydrogens (primary N) is 1. The molecule has 0 amide bonds. The van der Waals surface area contributed by atoms with Crippen molar-refractivity contribution in [2.75, 3.05) is 0 Å². The number of rotatable bonds is 4. The van der Waals surface area contributed by atoms with E-state index < -0.39 is 0 Å². The van der Waals surface area contributed by atoms with Gasteiger partial charge in [0, 0.05) is 12.4 Å². The van der Waals surface area contributed by atoms with Gasteiger partial charge >= 0.3 is 0 Å². The van der Waals surface area contributed by atoms with Crippen LogP contribution in [0.25, 0.3) is 0 Å². The van der Waals surface area contributed by atoms with E-state index in [9.17, 15) is 0 Å². The van der Waals surface area contributed by atoms with Crippen LogP contribution in [0.5, 0.6) is 0 Å². The van der Waals surface area contributed by atoms with E-state index in [1.54, 1.807) is 6.26 Å². The maximum atomic E-state index is 5.49. The standard InChI is InChI=1S/C12H12N4O2/c13-8-10-14-12(18-15-10)11(9-4-3-7-17-9)16-5-1-2-6-16/h1-7,11H,8,13H2/t11-/m1/s1. The molecule has 0 radical (unpaired) electrons. The molecule has 0 aliphatic carbocycles. The Morgan fingerprint density at radius 1 is 1.28 bits per heavy atom. The molecule has 6 nitrogen and oxygen atoms in total. The summed E-state index contributed by atoms with van der Waals surface area (Å²) in [7, 11) is 0. The number of aromatic nitrogens is 3. The van der Waals surface area contributed by atoms with Gasteiger partial charge in [-0.25, -0.2) is 0 Å². The van der Waals surface area contributed by atoms with Crippen LogP contribution in [0, 0.1) is 0 Å². The zero-order valence-corrected chi connectivity index (χ0v) is 9.56. The van der Waals surface area contributed by atoms with Gasteiger partial charge in [-0.05, 0) is 24.3 Å². The Labute approximate surface area is 103 Å². The van der Waals surface area contributed by atoms with Gasteiger partial charge in [-0.15, -0.1) is 0 Å². The quantitative estimate of drug-likeness (QED) is 0.753. The van der Waals surface area contributed by atoms with Crippen LogP contribution >= 0.6 is 0 Å². The van der Waals surface area contributed by atoms with Crippen LogP contribution in [0.2, 0.25) is 0 Å². The molecule has 2 N–H and O–H groups in total. The maximum Gasteiger partial charge on any atom is 0.257 e. The highest BCUT2D eigenvalue weighted by atomic mass is 16.5. The van der Waals surface area contributed by atoms with Gasteiger partial charge in [-0.3, -0.25) is 0 Å². The molecule has 3 heterocycles. The molecule has 0 aliphatic rings. The lowest BCUT2D eigenvalue weighted by Gasteiger charge is -2.11. The largest absolute Gasteiger partial charge is 0.467 e. The van der Waals surface area contributed by atoms with Crippen molar-refractivity contribution in [2.24, 2.45) is 5.73 Å². The fourth-order valence-electron chi connectivity index (χ4n) is 1.82. The molecule has 0 spiro atoms. The van der Waals surface area contributed by atoms with Crippen molar-refractivity contribution < 1.29 is 8.94 Å². The Hall–Kier alpha value is -2.34. The second kappa shape index (κ2) is 4.50. The first kappa shape index (κ1) is 10.8. The summed E-state index contributed by atoms with van der Waals surface area (Å²) in [4.78, 5) is 4.26. The zero-order chi connectivity index (χ0) is 12.4. The van der Waals surface area contributed by atoms with Crippen LogP contribution in [0.4, 0.5) is 0 Å². The van der Waals surface area contributed by atoms with Crippen LogP contribution in [0.15, 0.2) is 51.9 Å². The lowest BCUT2D eigenvalue weighted by Crippen LogP contribution is -2.10. The summed E-state index contributed by atoms with van der Waals surface area (Å²) >= 11 is 0. The van der Waals surface area contributed by atoms with Gasteiger partial charge in [0.1, 0.15) is 5.76 Å². The molecular weight excluding hydrogens is 232 g/mol. The minimum atomic E-state index is -0.261. The molecule has 3 aromatic heterocycles. The van der Waals surface area contributed by atoms with E-state index in [1.807, 2.05) is 41.2 Å². The van der Waals surface area contributed by atoms with E-state index in [0.29, 0.717) is 11.7 Å².